The Balaban J connectivity index is 1.40. The van der Waals surface area contributed by atoms with Crippen LogP contribution in [0.2, 0.25) is 0 Å². The van der Waals surface area contributed by atoms with Gasteiger partial charge in [-0.25, -0.2) is 9.59 Å². The van der Waals surface area contributed by atoms with Gasteiger partial charge in [0.1, 0.15) is 17.1 Å². The Labute approximate surface area is 241 Å². The van der Waals surface area contributed by atoms with Crippen LogP contribution < -0.4 is 10.2 Å². The Bertz CT molecular complexity index is 1690. The van der Waals surface area contributed by atoms with Crippen molar-refractivity contribution in [1.29, 1.82) is 0 Å². The molecule has 1 saturated heterocycles. The summed E-state index contributed by atoms with van der Waals surface area (Å²) < 4.78 is 17.5. The third-order valence-corrected chi connectivity index (χ3v) is 6.62. The second-order valence-electron chi connectivity index (χ2n) is 10.3. The predicted octanol–water partition coefficient (Wildman–Crippen LogP) is 5.14. The van der Waals surface area contributed by atoms with E-state index in [0.717, 1.165) is 0 Å². The summed E-state index contributed by atoms with van der Waals surface area (Å²) >= 11 is 0. The molecule has 0 aromatic heterocycles. The van der Waals surface area contributed by atoms with E-state index in [1.54, 1.807) is 30.3 Å². The van der Waals surface area contributed by atoms with Gasteiger partial charge in [-0.2, -0.15) is 0 Å². The van der Waals surface area contributed by atoms with Crippen molar-refractivity contribution in [2.75, 3.05) is 13.2 Å². The summed E-state index contributed by atoms with van der Waals surface area (Å²) in [6.07, 6.45) is 0.282. The fourth-order valence-corrected chi connectivity index (χ4v) is 4.64. The molecule has 2 amide bonds. The molecular weight excluding hydrogens is 542 g/mol. The number of ether oxygens (including phenoxy) is 2. The van der Waals surface area contributed by atoms with Crippen LogP contribution in [-0.4, -0.2) is 42.0 Å². The first-order chi connectivity index (χ1) is 20.2. The number of esters is 1. The second-order valence-corrected chi connectivity index (χ2v) is 10.3. The number of carbonyl (C=O) groups is 4. The summed E-state index contributed by atoms with van der Waals surface area (Å²) in [5, 5.41) is 1.21. The van der Waals surface area contributed by atoms with E-state index in [0.29, 0.717) is 49.8 Å². The van der Waals surface area contributed by atoms with Gasteiger partial charge in [-0.15, -0.1) is 5.06 Å². The number of hydroxylamine groups is 2. The molecule has 42 heavy (non-hydrogen) atoms. The van der Waals surface area contributed by atoms with Crippen LogP contribution in [0.4, 0.5) is 0 Å². The summed E-state index contributed by atoms with van der Waals surface area (Å²) in [6, 6.07) is 16.9. The van der Waals surface area contributed by atoms with Crippen molar-refractivity contribution in [2.45, 2.75) is 39.5 Å². The van der Waals surface area contributed by atoms with Crippen LogP contribution in [0.3, 0.4) is 0 Å². The Kier molecular flexibility index (Phi) is 8.33. The van der Waals surface area contributed by atoms with Crippen molar-refractivity contribution in [2.24, 2.45) is 5.92 Å². The zero-order valence-corrected chi connectivity index (χ0v) is 23.2. The maximum atomic E-state index is 13.1. The van der Waals surface area contributed by atoms with Gasteiger partial charge in [-0.05, 0) is 48.2 Å². The van der Waals surface area contributed by atoms with Crippen LogP contribution >= 0.6 is 0 Å². The van der Waals surface area contributed by atoms with Crippen LogP contribution in [0.15, 0.2) is 69.9 Å². The summed E-state index contributed by atoms with van der Waals surface area (Å²) in [4.78, 5) is 65.4. The number of imide groups is 1. The molecule has 3 aliphatic rings. The molecule has 5 rings (SSSR count). The molecule has 10 heteroatoms. The minimum absolute atomic E-state index is 0.0309. The largest absolute Gasteiger partial charge is 0.493 e. The van der Waals surface area contributed by atoms with Crippen molar-refractivity contribution in [3.05, 3.63) is 76.5 Å². The van der Waals surface area contributed by atoms with E-state index in [1.807, 2.05) is 32.0 Å². The first-order valence-corrected chi connectivity index (χ1v) is 13.7. The van der Waals surface area contributed by atoms with Crippen LogP contribution in [0, 0.1) is 5.92 Å². The molecule has 216 valence electrons. The highest BCUT2D eigenvalue weighted by molar-refractivity contribution is 6.08. The molecule has 2 aromatic carbocycles. The third kappa shape index (κ3) is 6.17. The summed E-state index contributed by atoms with van der Waals surface area (Å²) in [7, 11) is 0. The fraction of sp³-hybridized carbons (Fsp3) is 0.281. The summed E-state index contributed by atoms with van der Waals surface area (Å²) in [5.41, 5.74) is 2.60. The summed E-state index contributed by atoms with van der Waals surface area (Å²) in [5.74, 6) is -1.23. The molecule has 0 saturated carbocycles. The lowest BCUT2D eigenvalue weighted by Gasteiger charge is -2.18. The van der Waals surface area contributed by atoms with E-state index in [9.17, 15) is 24.0 Å². The number of fused-ring (bicyclic) bond motifs is 2. The number of hydrogen-bond acceptors (Lipinski definition) is 9. The molecule has 10 nitrogen and oxygen atoms in total. The first kappa shape index (κ1) is 28.5. The van der Waals surface area contributed by atoms with Crippen LogP contribution in [-0.2, 0) is 24.0 Å². The number of nitrogens with zero attached hydrogens (tertiary/aromatic N) is 1. The molecule has 0 unspecified atom stereocenters. The van der Waals surface area contributed by atoms with E-state index < -0.39 is 23.8 Å². The zero-order chi connectivity index (χ0) is 29.8. The maximum Gasteiger partial charge on any atom is 0.338 e. The Morgan fingerprint density at radius 1 is 0.929 bits per heavy atom. The first-order valence-electron chi connectivity index (χ1n) is 13.7. The Morgan fingerprint density at radius 3 is 2.45 bits per heavy atom. The van der Waals surface area contributed by atoms with Gasteiger partial charge in [0.2, 0.25) is 0 Å². The number of amides is 2. The smallest absolute Gasteiger partial charge is 0.338 e. The van der Waals surface area contributed by atoms with E-state index >= 15 is 0 Å². The maximum absolute atomic E-state index is 13.1. The lowest BCUT2D eigenvalue weighted by atomic mass is 9.91. The molecule has 1 fully saturated rings. The van der Waals surface area contributed by atoms with Crippen molar-refractivity contribution in [1.82, 2.24) is 5.06 Å². The van der Waals surface area contributed by atoms with E-state index in [1.165, 1.54) is 12.1 Å². The van der Waals surface area contributed by atoms with Crippen molar-refractivity contribution < 1.29 is 37.9 Å². The number of rotatable bonds is 10. The quantitative estimate of drug-likeness (QED) is 0.110. The monoisotopic (exact) mass is 571 g/mol. The zero-order valence-electron chi connectivity index (χ0n) is 23.2. The average molecular weight is 572 g/mol. The van der Waals surface area contributed by atoms with Gasteiger partial charge >= 0.3 is 11.9 Å². The predicted molar refractivity (Wildman–Crippen MR) is 152 cm³/mol. The molecule has 0 radical (unpaired) electrons. The minimum atomic E-state index is -0.703. The number of carbonyl (C=O) groups excluding carboxylic acids is 4. The van der Waals surface area contributed by atoms with Gasteiger partial charge in [-0.1, -0.05) is 32.0 Å². The van der Waals surface area contributed by atoms with Crippen molar-refractivity contribution in [3.63, 3.8) is 0 Å². The highest BCUT2D eigenvalue weighted by Gasteiger charge is 2.32. The topological polar surface area (TPSA) is 129 Å². The SMILES string of the molecule is CC(C)COC(=O)c1ccccc1-c1c2ccc(=O)cc-2oc2cc(OCCCC(=O)ON3C(=O)CCC3=O)ccc12. The lowest BCUT2D eigenvalue weighted by molar-refractivity contribution is -0.197. The van der Waals surface area contributed by atoms with Gasteiger partial charge in [0.15, 0.2) is 5.43 Å². The molecule has 2 aliphatic heterocycles. The molecule has 0 bridgehead atoms. The molecule has 2 heterocycles. The number of hydrogen-bond donors (Lipinski definition) is 0. The molecule has 0 N–H and O–H groups in total. The fourth-order valence-electron chi connectivity index (χ4n) is 4.64. The van der Waals surface area contributed by atoms with E-state index in [4.69, 9.17) is 18.7 Å². The normalized spacial score (nSPS) is 13.3. The highest BCUT2D eigenvalue weighted by atomic mass is 16.7. The van der Waals surface area contributed by atoms with Crippen LogP contribution in [0.25, 0.3) is 33.4 Å². The van der Waals surface area contributed by atoms with Crippen LogP contribution in [0.5, 0.6) is 5.75 Å². The molecule has 0 spiro atoms. The Hall–Kier alpha value is -4.99. The average Bonchev–Trinajstić information content (AvgIpc) is 3.28. The summed E-state index contributed by atoms with van der Waals surface area (Å²) in [6.45, 7) is 4.36. The lowest BCUT2D eigenvalue weighted by Crippen LogP contribution is -2.32. The Morgan fingerprint density at radius 2 is 1.69 bits per heavy atom. The van der Waals surface area contributed by atoms with E-state index in [-0.39, 0.29) is 50.2 Å². The molecule has 0 atom stereocenters. The van der Waals surface area contributed by atoms with Gasteiger partial charge in [0.25, 0.3) is 11.8 Å². The van der Waals surface area contributed by atoms with Gasteiger partial charge in [-0.3, -0.25) is 14.4 Å². The molecule has 1 aliphatic carbocycles. The van der Waals surface area contributed by atoms with Crippen molar-refractivity contribution in [3.8, 4) is 28.2 Å². The van der Waals surface area contributed by atoms with Crippen molar-refractivity contribution >= 4 is 34.7 Å². The van der Waals surface area contributed by atoms with Gasteiger partial charge in [0.05, 0.1) is 25.2 Å². The van der Waals surface area contributed by atoms with Crippen LogP contribution in [0.1, 0.15) is 49.9 Å². The minimum Gasteiger partial charge on any atom is -0.493 e. The van der Waals surface area contributed by atoms with Gasteiger partial charge < -0.3 is 18.7 Å². The standard InChI is InChI=1S/C32H29NO9/c1-19(2)18-40-32(38)23-7-4-3-6-22(23)31-24-11-9-20(34)16-26(24)41-27-17-21(10-12-25(27)31)39-15-5-8-30(37)42-33-28(35)13-14-29(33)36/h3-4,6-7,9-12,16-17,19H,5,8,13-15,18H2,1-2H3. The number of benzene rings is 3. The van der Waals surface area contributed by atoms with E-state index in [2.05, 4.69) is 0 Å². The highest BCUT2D eigenvalue weighted by Crippen LogP contribution is 2.42. The molecule has 2 aromatic rings. The van der Waals surface area contributed by atoms with Gasteiger partial charge in [0, 0.05) is 41.5 Å². The third-order valence-electron chi connectivity index (χ3n) is 6.62. The molecular formula is C32H29NO9. The second kappa shape index (κ2) is 12.3.